The first kappa shape index (κ1) is 10.6. The van der Waals surface area contributed by atoms with Crippen molar-refractivity contribution in [3.8, 4) is 0 Å². The van der Waals surface area contributed by atoms with Crippen LogP contribution in [0.15, 0.2) is 9.98 Å². The Balaban J connectivity index is 3.24. The zero-order valence-corrected chi connectivity index (χ0v) is 7.37. The van der Waals surface area contributed by atoms with Crippen molar-refractivity contribution in [3.05, 3.63) is 0 Å². The maximum absolute atomic E-state index is 10.3. The van der Waals surface area contributed by atoms with E-state index in [1.54, 1.807) is 6.34 Å². The van der Waals surface area contributed by atoms with E-state index >= 15 is 0 Å². The molecule has 0 unspecified atom stereocenters. The second kappa shape index (κ2) is 7.71. The van der Waals surface area contributed by atoms with E-state index in [2.05, 4.69) is 20.6 Å². The smallest absolute Gasteiger partial charge is 0.221 e. The fourth-order valence-electron chi connectivity index (χ4n) is 0.432. The zero-order chi connectivity index (χ0) is 9.23. The van der Waals surface area contributed by atoms with Crippen LogP contribution in [0.5, 0.6) is 0 Å². The van der Waals surface area contributed by atoms with Crippen molar-refractivity contribution >= 4 is 18.6 Å². The summed E-state index contributed by atoms with van der Waals surface area (Å²) in [5.41, 5.74) is 0. The second-order valence-electron chi connectivity index (χ2n) is 2.00. The summed E-state index contributed by atoms with van der Waals surface area (Å²) < 4.78 is 0. The van der Waals surface area contributed by atoms with Crippen LogP contribution in [0, 0.1) is 0 Å². The van der Waals surface area contributed by atoms with Crippen LogP contribution >= 0.6 is 0 Å². The molecule has 0 spiro atoms. The number of aliphatic imine (C=N–C) groups is 2. The van der Waals surface area contributed by atoms with Gasteiger partial charge in [0.2, 0.25) is 5.91 Å². The maximum atomic E-state index is 10.3. The molecule has 0 saturated heterocycles. The molecule has 0 fully saturated rings. The van der Waals surface area contributed by atoms with Gasteiger partial charge in [-0.1, -0.05) is 0 Å². The van der Waals surface area contributed by atoms with E-state index in [1.165, 1.54) is 13.3 Å². The van der Waals surface area contributed by atoms with Gasteiger partial charge in [0.15, 0.2) is 0 Å². The van der Waals surface area contributed by atoms with Gasteiger partial charge < -0.3 is 10.6 Å². The molecular weight excluding hydrogens is 156 g/mol. The predicted octanol–water partition coefficient (Wildman–Crippen LogP) is -0.254. The number of amides is 1. The summed E-state index contributed by atoms with van der Waals surface area (Å²) in [6.07, 6.45) is 2.94. The Hall–Kier alpha value is -1.39. The highest BCUT2D eigenvalue weighted by Gasteiger charge is 1.80. The number of rotatable bonds is 5. The van der Waals surface area contributed by atoms with E-state index in [0.29, 0.717) is 6.67 Å². The summed E-state index contributed by atoms with van der Waals surface area (Å²) >= 11 is 0. The van der Waals surface area contributed by atoms with Crippen LogP contribution in [-0.2, 0) is 4.79 Å². The Bertz CT molecular complexity index is 176. The molecule has 2 N–H and O–H groups in total. The van der Waals surface area contributed by atoms with Crippen LogP contribution in [0.1, 0.15) is 13.8 Å². The molecule has 0 aromatic heterocycles. The van der Waals surface area contributed by atoms with E-state index in [-0.39, 0.29) is 5.91 Å². The largest absolute Gasteiger partial charge is 0.357 e. The molecule has 5 heteroatoms. The average Bonchev–Trinajstić information content (AvgIpc) is 2.02. The van der Waals surface area contributed by atoms with Crippen molar-refractivity contribution in [1.82, 2.24) is 10.6 Å². The number of hydrogen-bond donors (Lipinski definition) is 2. The first-order valence-corrected chi connectivity index (χ1v) is 3.74. The third-order valence-corrected chi connectivity index (χ3v) is 0.907. The van der Waals surface area contributed by atoms with Gasteiger partial charge in [-0.3, -0.25) is 14.8 Å². The van der Waals surface area contributed by atoms with E-state index in [9.17, 15) is 4.79 Å². The van der Waals surface area contributed by atoms with Gasteiger partial charge in [-0.2, -0.15) is 0 Å². The van der Waals surface area contributed by atoms with Crippen molar-refractivity contribution in [1.29, 1.82) is 0 Å². The molecular formula is C7H14N4O. The summed E-state index contributed by atoms with van der Waals surface area (Å²) in [5, 5.41) is 5.24. The Morgan fingerprint density at radius 3 is 2.75 bits per heavy atom. The monoisotopic (exact) mass is 170 g/mol. The van der Waals surface area contributed by atoms with Crippen LogP contribution in [0.25, 0.3) is 0 Å². The lowest BCUT2D eigenvalue weighted by atomic mass is 10.7. The van der Waals surface area contributed by atoms with Gasteiger partial charge in [0, 0.05) is 13.5 Å². The van der Waals surface area contributed by atoms with E-state index < -0.39 is 0 Å². The molecule has 0 aliphatic rings. The van der Waals surface area contributed by atoms with Crippen LogP contribution in [0.2, 0.25) is 0 Å². The van der Waals surface area contributed by atoms with Crippen molar-refractivity contribution in [2.75, 3.05) is 13.2 Å². The maximum Gasteiger partial charge on any atom is 0.221 e. The fraction of sp³-hybridized carbons (Fsp3) is 0.571. The third kappa shape index (κ3) is 8.61. The molecule has 0 saturated carbocycles. The highest BCUT2D eigenvalue weighted by atomic mass is 16.1. The van der Waals surface area contributed by atoms with Crippen LogP contribution in [-0.4, -0.2) is 31.8 Å². The SMILES string of the molecule is CC/N=C\NC/N=C\NC(C)=O. The standard InChI is InChI=1S/C7H14N4O/c1-3-8-4-9-5-10-6-11-7(2)12/h4,6H,3,5H2,1-2H3,(H,8,9)(H,10,11,12). The lowest BCUT2D eigenvalue weighted by Crippen LogP contribution is -2.19. The minimum Gasteiger partial charge on any atom is -0.357 e. The van der Waals surface area contributed by atoms with Crippen molar-refractivity contribution < 1.29 is 4.79 Å². The van der Waals surface area contributed by atoms with Gasteiger partial charge in [-0.15, -0.1) is 0 Å². The van der Waals surface area contributed by atoms with E-state index in [1.807, 2.05) is 6.92 Å². The highest BCUT2D eigenvalue weighted by Crippen LogP contribution is 1.62. The molecule has 0 aliphatic heterocycles. The van der Waals surface area contributed by atoms with Crippen LogP contribution in [0.3, 0.4) is 0 Å². The molecule has 0 bridgehead atoms. The topological polar surface area (TPSA) is 65.8 Å². The molecule has 0 aliphatic carbocycles. The minimum atomic E-state index is -0.124. The molecule has 0 atom stereocenters. The molecule has 1 amide bonds. The van der Waals surface area contributed by atoms with Crippen LogP contribution in [0.4, 0.5) is 0 Å². The quantitative estimate of drug-likeness (QED) is 0.339. The fourth-order valence-corrected chi connectivity index (χ4v) is 0.432. The van der Waals surface area contributed by atoms with Gasteiger partial charge >= 0.3 is 0 Å². The molecule has 0 aromatic carbocycles. The molecule has 12 heavy (non-hydrogen) atoms. The molecule has 0 rings (SSSR count). The predicted molar refractivity (Wildman–Crippen MR) is 49.3 cm³/mol. The third-order valence-electron chi connectivity index (χ3n) is 0.907. The first-order valence-electron chi connectivity index (χ1n) is 3.74. The van der Waals surface area contributed by atoms with Crippen molar-refractivity contribution in [3.63, 3.8) is 0 Å². The zero-order valence-electron chi connectivity index (χ0n) is 7.37. The van der Waals surface area contributed by atoms with Gasteiger partial charge in [-0.05, 0) is 6.92 Å². The Morgan fingerprint density at radius 1 is 1.42 bits per heavy atom. The number of carbonyl (C=O) groups is 1. The summed E-state index contributed by atoms with van der Waals surface area (Å²) in [5.74, 6) is -0.124. The average molecular weight is 170 g/mol. The van der Waals surface area contributed by atoms with Gasteiger partial charge in [0.25, 0.3) is 0 Å². The van der Waals surface area contributed by atoms with E-state index in [0.717, 1.165) is 6.54 Å². The molecule has 68 valence electrons. The Labute approximate surface area is 72.0 Å². The molecule has 0 heterocycles. The minimum absolute atomic E-state index is 0.124. The van der Waals surface area contributed by atoms with Gasteiger partial charge in [-0.25, -0.2) is 0 Å². The Kier molecular flexibility index (Phi) is 6.82. The second-order valence-corrected chi connectivity index (χ2v) is 2.00. The highest BCUT2D eigenvalue weighted by molar-refractivity contribution is 5.85. The lowest BCUT2D eigenvalue weighted by Gasteiger charge is -1.93. The number of nitrogens with one attached hydrogen (secondary N) is 2. The molecule has 0 radical (unpaired) electrons. The van der Waals surface area contributed by atoms with Crippen molar-refractivity contribution in [2.24, 2.45) is 9.98 Å². The van der Waals surface area contributed by atoms with Gasteiger partial charge in [0.05, 0.1) is 12.7 Å². The first-order chi connectivity index (χ1) is 5.77. The lowest BCUT2D eigenvalue weighted by molar-refractivity contribution is -0.117. The summed E-state index contributed by atoms with van der Waals surface area (Å²) in [6, 6.07) is 0. The molecule has 5 nitrogen and oxygen atoms in total. The summed E-state index contributed by atoms with van der Waals surface area (Å²) in [6.45, 7) is 4.54. The summed E-state index contributed by atoms with van der Waals surface area (Å²) in [4.78, 5) is 18.1. The molecule has 0 aromatic rings. The number of nitrogens with zero attached hydrogens (tertiary/aromatic N) is 2. The van der Waals surface area contributed by atoms with E-state index in [4.69, 9.17) is 0 Å². The number of hydrogen-bond acceptors (Lipinski definition) is 3. The number of carbonyl (C=O) groups excluding carboxylic acids is 1. The summed E-state index contributed by atoms with van der Waals surface area (Å²) in [7, 11) is 0. The van der Waals surface area contributed by atoms with Crippen LogP contribution < -0.4 is 10.6 Å². The van der Waals surface area contributed by atoms with Gasteiger partial charge in [0.1, 0.15) is 6.67 Å². The normalized spacial score (nSPS) is 10.8. The Morgan fingerprint density at radius 2 is 2.17 bits per heavy atom. The van der Waals surface area contributed by atoms with Crippen molar-refractivity contribution in [2.45, 2.75) is 13.8 Å².